The smallest absolute Gasteiger partial charge is 0.356 e. The minimum Gasteiger partial charge on any atom is -0.356 e. The van der Waals surface area contributed by atoms with Gasteiger partial charge >= 0.3 is 6.18 Å². The predicted octanol–water partition coefficient (Wildman–Crippen LogP) is 6.14. The fourth-order valence-corrected chi connectivity index (χ4v) is 4.71. The Kier molecular flexibility index (Phi) is 7.46. The number of benzene rings is 2. The molecular formula is C26H26F3N3OS. The molecule has 0 bridgehead atoms. The summed E-state index contributed by atoms with van der Waals surface area (Å²) in [4.78, 5) is 20.3. The first-order valence-corrected chi connectivity index (χ1v) is 12.2. The molecule has 0 saturated carbocycles. The molecule has 2 aromatic carbocycles. The van der Waals surface area contributed by atoms with Gasteiger partial charge in [-0.25, -0.2) is 4.98 Å². The highest BCUT2D eigenvalue weighted by Crippen LogP contribution is 2.33. The SMILES string of the molecule is CCSc1ccc(CNC(=O)c2ccc(N3CCC(c4ccc(C(F)(F)F)cc4)C3)nc2)cc1. The molecule has 8 heteroatoms. The second-order valence-electron chi connectivity index (χ2n) is 8.22. The molecule has 0 spiro atoms. The minimum atomic E-state index is -4.32. The van der Waals surface area contributed by atoms with Crippen molar-refractivity contribution in [3.8, 4) is 0 Å². The number of nitrogens with one attached hydrogen (secondary N) is 1. The van der Waals surface area contributed by atoms with Crippen LogP contribution >= 0.6 is 11.8 Å². The molecule has 3 aromatic rings. The molecule has 1 aliphatic heterocycles. The first kappa shape index (κ1) is 24.1. The van der Waals surface area contributed by atoms with Gasteiger partial charge in [-0.1, -0.05) is 31.2 Å². The zero-order valence-corrected chi connectivity index (χ0v) is 19.6. The van der Waals surface area contributed by atoms with Gasteiger partial charge in [0, 0.05) is 36.6 Å². The molecule has 1 N–H and O–H groups in total. The molecule has 4 nitrogen and oxygen atoms in total. The molecule has 1 atom stereocenters. The number of amides is 1. The molecule has 4 rings (SSSR count). The van der Waals surface area contributed by atoms with Gasteiger partial charge in [0.15, 0.2) is 0 Å². The summed E-state index contributed by atoms with van der Waals surface area (Å²) in [6, 6.07) is 17.1. The van der Waals surface area contributed by atoms with Crippen molar-refractivity contribution >= 4 is 23.5 Å². The number of aromatic nitrogens is 1. The fourth-order valence-electron chi connectivity index (χ4n) is 4.05. The van der Waals surface area contributed by atoms with E-state index in [4.69, 9.17) is 0 Å². The number of carbonyl (C=O) groups is 1. The molecule has 34 heavy (non-hydrogen) atoms. The lowest BCUT2D eigenvalue weighted by Crippen LogP contribution is -2.24. The molecule has 178 valence electrons. The number of carbonyl (C=O) groups excluding carboxylic acids is 1. The first-order chi connectivity index (χ1) is 16.3. The highest BCUT2D eigenvalue weighted by Gasteiger charge is 2.31. The number of hydrogen-bond donors (Lipinski definition) is 1. The zero-order chi connectivity index (χ0) is 24.1. The van der Waals surface area contributed by atoms with Crippen molar-refractivity contribution in [2.24, 2.45) is 0 Å². The number of anilines is 1. The van der Waals surface area contributed by atoms with E-state index in [1.807, 2.05) is 18.2 Å². The Bertz CT molecular complexity index is 1100. The van der Waals surface area contributed by atoms with Gasteiger partial charge in [0.1, 0.15) is 5.82 Å². The molecule has 2 heterocycles. The molecule has 0 aliphatic carbocycles. The summed E-state index contributed by atoms with van der Waals surface area (Å²) in [5.41, 5.74) is 1.78. The van der Waals surface area contributed by atoms with Crippen LogP contribution in [0.25, 0.3) is 0 Å². The van der Waals surface area contributed by atoms with Gasteiger partial charge in [0.2, 0.25) is 0 Å². The summed E-state index contributed by atoms with van der Waals surface area (Å²) in [5, 5.41) is 2.92. The van der Waals surface area contributed by atoms with Crippen LogP contribution in [0.2, 0.25) is 0 Å². The van der Waals surface area contributed by atoms with Gasteiger partial charge in [-0.2, -0.15) is 13.2 Å². The third-order valence-electron chi connectivity index (χ3n) is 5.92. The standard InChI is InChI=1S/C26H26F3N3OS/c1-2-34-23-10-3-18(4-11-23)15-31-25(33)20-7-12-24(30-16-20)32-14-13-21(17-32)19-5-8-22(9-6-19)26(27,28)29/h3-12,16,21H,2,13-15,17H2,1H3,(H,31,33). The van der Waals surface area contributed by atoms with Crippen LogP contribution in [0.3, 0.4) is 0 Å². The highest BCUT2D eigenvalue weighted by molar-refractivity contribution is 7.99. The van der Waals surface area contributed by atoms with E-state index in [-0.39, 0.29) is 11.8 Å². The number of alkyl halides is 3. The topological polar surface area (TPSA) is 45.2 Å². The van der Waals surface area contributed by atoms with E-state index in [1.54, 1.807) is 36.2 Å². The Morgan fingerprint density at radius 3 is 2.44 bits per heavy atom. The molecule has 1 aliphatic rings. The maximum Gasteiger partial charge on any atom is 0.416 e. The summed E-state index contributed by atoms with van der Waals surface area (Å²) in [6.45, 7) is 3.99. The van der Waals surface area contributed by atoms with Crippen molar-refractivity contribution in [1.82, 2.24) is 10.3 Å². The monoisotopic (exact) mass is 485 g/mol. The van der Waals surface area contributed by atoms with Gasteiger partial charge in [0.25, 0.3) is 5.91 Å². The first-order valence-electron chi connectivity index (χ1n) is 11.2. The van der Waals surface area contributed by atoms with Gasteiger partial charge in [-0.05, 0) is 59.7 Å². The summed E-state index contributed by atoms with van der Waals surface area (Å²) in [5.74, 6) is 1.74. The summed E-state index contributed by atoms with van der Waals surface area (Å²) in [6.07, 6.45) is -1.92. The molecule has 1 aromatic heterocycles. The molecule has 1 unspecified atom stereocenters. The van der Waals surface area contributed by atoms with Gasteiger partial charge in [0.05, 0.1) is 11.1 Å². The van der Waals surface area contributed by atoms with E-state index >= 15 is 0 Å². The number of rotatable bonds is 7. The Balaban J connectivity index is 1.31. The number of pyridine rings is 1. The molecular weight excluding hydrogens is 459 g/mol. The van der Waals surface area contributed by atoms with Crippen molar-refractivity contribution in [2.75, 3.05) is 23.7 Å². The lowest BCUT2D eigenvalue weighted by atomic mass is 9.97. The van der Waals surface area contributed by atoms with E-state index < -0.39 is 11.7 Å². The zero-order valence-electron chi connectivity index (χ0n) is 18.8. The largest absolute Gasteiger partial charge is 0.416 e. The number of nitrogens with zero attached hydrogens (tertiary/aromatic N) is 2. The van der Waals surface area contributed by atoms with Crippen LogP contribution in [0.15, 0.2) is 71.8 Å². The van der Waals surface area contributed by atoms with Crippen molar-refractivity contribution in [3.63, 3.8) is 0 Å². The summed E-state index contributed by atoms with van der Waals surface area (Å²) >= 11 is 1.78. The van der Waals surface area contributed by atoms with Crippen LogP contribution in [-0.2, 0) is 12.7 Å². The third-order valence-corrected chi connectivity index (χ3v) is 6.81. The Hall–Kier alpha value is -3.00. The third kappa shape index (κ3) is 5.91. The van der Waals surface area contributed by atoms with Crippen LogP contribution in [0, 0.1) is 0 Å². The number of halogens is 3. The molecule has 0 radical (unpaired) electrons. The second-order valence-corrected chi connectivity index (χ2v) is 9.55. The molecule has 1 fully saturated rings. The predicted molar refractivity (Wildman–Crippen MR) is 129 cm³/mol. The normalized spacial score (nSPS) is 16.0. The Morgan fingerprint density at radius 2 is 1.82 bits per heavy atom. The van der Waals surface area contributed by atoms with Crippen LogP contribution in [0.4, 0.5) is 19.0 Å². The lowest BCUT2D eigenvalue weighted by molar-refractivity contribution is -0.137. The highest BCUT2D eigenvalue weighted by atomic mass is 32.2. The minimum absolute atomic E-state index is 0.147. The molecule has 1 amide bonds. The van der Waals surface area contributed by atoms with Crippen LogP contribution in [-0.4, -0.2) is 29.7 Å². The van der Waals surface area contributed by atoms with Crippen LogP contribution < -0.4 is 10.2 Å². The maximum absolute atomic E-state index is 12.8. The van der Waals surface area contributed by atoms with Crippen molar-refractivity contribution < 1.29 is 18.0 Å². The van der Waals surface area contributed by atoms with Gasteiger partial charge in [-0.15, -0.1) is 11.8 Å². The maximum atomic E-state index is 12.8. The van der Waals surface area contributed by atoms with Crippen LogP contribution in [0.1, 0.15) is 46.3 Å². The van der Waals surface area contributed by atoms with Crippen molar-refractivity contribution in [1.29, 1.82) is 0 Å². The van der Waals surface area contributed by atoms with Gasteiger partial charge < -0.3 is 10.2 Å². The Morgan fingerprint density at radius 1 is 1.09 bits per heavy atom. The number of hydrogen-bond acceptors (Lipinski definition) is 4. The second kappa shape index (κ2) is 10.5. The van der Waals surface area contributed by atoms with E-state index in [9.17, 15) is 18.0 Å². The average Bonchev–Trinajstić information content (AvgIpc) is 3.34. The molecule has 1 saturated heterocycles. The summed E-state index contributed by atoms with van der Waals surface area (Å²) in [7, 11) is 0. The Labute approximate surface area is 201 Å². The quantitative estimate of drug-likeness (QED) is 0.409. The fraction of sp³-hybridized carbons (Fsp3) is 0.308. The van der Waals surface area contributed by atoms with Gasteiger partial charge in [-0.3, -0.25) is 4.79 Å². The lowest BCUT2D eigenvalue weighted by Gasteiger charge is -2.18. The summed E-state index contributed by atoms with van der Waals surface area (Å²) < 4.78 is 38.4. The van der Waals surface area contributed by atoms with E-state index in [0.29, 0.717) is 18.7 Å². The number of thioether (sulfide) groups is 1. The van der Waals surface area contributed by atoms with Crippen LogP contribution in [0.5, 0.6) is 0 Å². The van der Waals surface area contributed by atoms with Crippen molar-refractivity contribution in [3.05, 3.63) is 89.1 Å². The van der Waals surface area contributed by atoms with E-state index in [2.05, 4.69) is 34.3 Å². The average molecular weight is 486 g/mol. The van der Waals surface area contributed by atoms with Crippen molar-refractivity contribution in [2.45, 2.75) is 36.9 Å². The van der Waals surface area contributed by atoms with E-state index in [0.717, 1.165) is 47.8 Å². The van der Waals surface area contributed by atoms with E-state index in [1.165, 1.54) is 4.90 Å².